The average molecular weight is 267 g/mol. The third kappa shape index (κ3) is 2.47. The van der Waals surface area contributed by atoms with E-state index >= 15 is 0 Å². The summed E-state index contributed by atoms with van der Waals surface area (Å²) < 4.78 is 1.73. The molecule has 0 amide bonds. The van der Waals surface area contributed by atoms with Crippen LogP contribution < -0.4 is 5.32 Å². The number of fused-ring (bicyclic) bond motifs is 1. The zero-order valence-corrected chi connectivity index (χ0v) is 11.6. The van der Waals surface area contributed by atoms with Crippen molar-refractivity contribution in [3.63, 3.8) is 0 Å². The van der Waals surface area contributed by atoms with Crippen molar-refractivity contribution in [2.75, 3.05) is 11.9 Å². The van der Waals surface area contributed by atoms with Crippen molar-refractivity contribution in [3.05, 3.63) is 54.0 Å². The summed E-state index contributed by atoms with van der Waals surface area (Å²) in [5.41, 5.74) is 2.25. The number of hydrogen-bond acceptors (Lipinski definition) is 4. The van der Waals surface area contributed by atoms with Crippen molar-refractivity contribution in [2.45, 2.75) is 19.8 Å². The van der Waals surface area contributed by atoms with Crippen LogP contribution in [-0.2, 0) is 0 Å². The molecule has 5 nitrogen and oxygen atoms in total. The highest BCUT2D eigenvalue weighted by Crippen LogP contribution is 2.16. The highest BCUT2D eigenvalue weighted by Gasteiger charge is 2.08. The molecule has 0 bridgehead atoms. The zero-order valence-electron chi connectivity index (χ0n) is 11.6. The minimum atomic E-state index is 0.420. The first-order chi connectivity index (χ1) is 9.74. The third-order valence-corrected chi connectivity index (χ3v) is 3.34. The van der Waals surface area contributed by atoms with E-state index in [0.717, 1.165) is 18.1 Å². The van der Waals surface area contributed by atoms with E-state index in [2.05, 4.69) is 51.6 Å². The van der Waals surface area contributed by atoms with E-state index < -0.39 is 0 Å². The average Bonchev–Trinajstić information content (AvgIpc) is 2.93. The highest BCUT2D eigenvalue weighted by atomic mass is 15.3. The number of rotatable bonds is 4. The lowest BCUT2D eigenvalue weighted by Gasteiger charge is -2.14. The summed E-state index contributed by atoms with van der Waals surface area (Å²) in [6.07, 6.45) is 1.52. The second-order valence-electron chi connectivity index (χ2n) is 4.95. The fourth-order valence-electron chi connectivity index (χ4n) is 2.21. The number of aromatic nitrogens is 4. The lowest BCUT2D eigenvalue weighted by atomic mass is 10.0. The van der Waals surface area contributed by atoms with Crippen LogP contribution in [0.2, 0.25) is 0 Å². The molecule has 0 fully saturated rings. The van der Waals surface area contributed by atoms with Gasteiger partial charge in [-0.15, -0.1) is 0 Å². The van der Waals surface area contributed by atoms with E-state index in [4.69, 9.17) is 0 Å². The highest BCUT2D eigenvalue weighted by molar-refractivity contribution is 5.45. The minimum Gasteiger partial charge on any atom is -0.369 e. The molecule has 0 aliphatic carbocycles. The van der Waals surface area contributed by atoms with Crippen LogP contribution in [0, 0.1) is 6.92 Å². The van der Waals surface area contributed by atoms with E-state index in [1.54, 1.807) is 4.52 Å². The SMILES string of the molecule is Cc1cc(NCC(C)c2ccccc2)n2ncnc2n1. The lowest BCUT2D eigenvalue weighted by molar-refractivity contribution is 0.791. The van der Waals surface area contributed by atoms with Crippen molar-refractivity contribution in [1.82, 2.24) is 19.6 Å². The maximum atomic E-state index is 4.33. The molecule has 0 radical (unpaired) electrons. The molecule has 1 N–H and O–H groups in total. The molecule has 0 aliphatic heterocycles. The van der Waals surface area contributed by atoms with Crippen molar-refractivity contribution in [2.24, 2.45) is 0 Å². The van der Waals surface area contributed by atoms with E-state index in [1.807, 2.05) is 19.1 Å². The van der Waals surface area contributed by atoms with Gasteiger partial charge in [0.2, 0.25) is 0 Å². The fourth-order valence-corrected chi connectivity index (χ4v) is 2.21. The molecule has 1 aromatic carbocycles. The second-order valence-corrected chi connectivity index (χ2v) is 4.95. The third-order valence-electron chi connectivity index (χ3n) is 3.34. The number of anilines is 1. The van der Waals surface area contributed by atoms with Gasteiger partial charge in [0.1, 0.15) is 12.1 Å². The van der Waals surface area contributed by atoms with Crippen LogP contribution in [0.5, 0.6) is 0 Å². The van der Waals surface area contributed by atoms with Gasteiger partial charge in [-0.3, -0.25) is 0 Å². The summed E-state index contributed by atoms with van der Waals surface area (Å²) in [6.45, 7) is 5.00. The van der Waals surface area contributed by atoms with Gasteiger partial charge in [-0.05, 0) is 18.4 Å². The Bertz CT molecular complexity index is 705. The van der Waals surface area contributed by atoms with Gasteiger partial charge in [-0.2, -0.15) is 14.6 Å². The fraction of sp³-hybridized carbons (Fsp3) is 0.267. The largest absolute Gasteiger partial charge is 0.369 e. The molecule has 1 unspecified atom stereocenters. The van der Waals surface area contributed by atoms with Crippen LogP contribution in [0.3, 0.4) is 0 Å². The monoisotopic (exact) mass is 267 g/mol. The Morgan fingerprint density at radius 1 is 1.25 bits per heavy atom. The first kappa shape index (κ1) is 12.6. The first-order valence-corrected chi connectivity index (χ1v) is 6.70. The van der Waals surface area contributed by atoms with E-state index in [-0.39, 0.29) is 0 Å². The van der Waals surface area contributed by atoms with Gasteiger partial charge in [-0.25, -0.2) is 4.98 Å². The van der Waals surface area contributed by atoms with Crippen LogP contribution >= 0.6 is 0 Å². The predicted molar refractivity (Wildman–Crippen MR) is 78.9 cm³/mol. The smallest absolute Gasteiger partial charge is 0.254 e. The molecule has 3 rings (SSSR count). The second kappa shape index (κ2) is 5.28. The Labute approximate surface area is 117 Å². The number of nitrogens with one attached hydrogen (secondary N) is 1. The molecule has 0 saturated heterocycles. The van der Waals surface area contributed by atoms with Crippen LogP contribution in [-0.4, -0.2) is 26.1 Å². The molecule has 1 atom stereocenters. The van der Waals surface area contributed by atoms with Gasteiger partial charge in [-0.1, -0.05) is 37.3 Å². The van der Waals surface area contributed by atoms with Gasteiger partial charge in [0.25, 0.3) is 5.78 Å². The van der Waals surface area contributed by atoms with Crippen molar-refractivity contribution in [3.8, 4) is 0 Å². The predicted octanol–water partition coefficient (Wildman–Crippen LogP) is 2.65. The van der Waals surface area contributed by atoms with Gasteiger partial charge >= 0.3 is 0 Å². The Hall–Kier alpha value is -2.43. The molecule has 5 heteroatoms. The molecule has 0 aliphatic rings. The maximum Gasteiger partial charge on any atom is 0.254 e. The summed E-state index contributed by atoms with van der Waals surface area (Å²) in [5.74, 6) is 1.97. The zero-order chi connectivity index (χ0) is 13.9. The van der Waals surface area contributed by atoms with E-state index in [9.17, 15) is 0 Å². The van der Waals surface area contributed by atoms with Crippen molar-refractivity contribution in [1.29, 1.82) is 0 Å². The molecule has 102 valence electrons. The van der Waals surface area contributed by atoms with Crippen LogP contribution in [0.15, 0.2) is 42.7 Å². The number of aryl methyl sites for hydroxylation is 1. The summed E-state index contributed by atoms with van der Waals surface area (Å²) in [6, 6.07) is 12.5. The van der Waals surface area contributed by atoms with Gasteiger partial charge < -0.3 is 5.32 Å². The summed E-state index contributed by atoms with van der Waals surface area (Å²) in [5, 5.41) is 7.62. The topological polar surface area (TPSA) is 55.1 Å². The Morgan fingerprint density at radius 2 is 2.05 bits per heavy atom. The molecule has 2 heterocycles. The molecule has 3 aromatic rings. The Morgan fingerprint density at radius 3 is 2.85 bits per heavy atom. The normalized spacial score (nSPS) is 12.5. The first-order valence-electron chi connectivity index (χ1n) is 6.70. The lowest BCUT2D eigenvalue weighted by Crippen LogP contribution is -2.13. The molecular formula is C15H17N5. The molecule has 20 heavy (non-hydrogen) atoms. The van der Waals surface area contributed by atoms with E-state index in [0.29, 0.717) is 11.7 Å². The van der Waals surface area contributed by atoms with Crippen LogP contribution in [0.1, 0.15) is 24.1 Å². The number of benzene rings is 1. The van der Waals surface area contributed by atoms with Crippen molar-refractivity contribution < 1.29 is 0 Å². The molecule has 0 spiro atoms. The molecule has 2 aromatic heterocycles. The van der Waals surface area contributed by atoms with Crippen LogP contribution in [0.4, 0.5) is 5.82 Å². The van der Waals surface area contributed by atoms with Gasteiger partial charge in [0.05, 0.1) is 0 Å². The number of nitrogens with zero attached hydrogens (tertiary/aromatic N) is 4. The Kier molecular flexibility index (Phi) is 3.33. The summed E-state index contributed by atoms with van der Waals surface area (Å²) in [4.78, 5) is 8.46. The molecular weight excluding hydrogens is 250 g/mol. The van der Waals surface area contributed by atoms with Crippen molar-refractivity contribution >= 4 is 11.6 Å². The quantitative estimate of drug-likeness (QED) is 0.789. The standard InChI is InChI=1S/C15H17N5/c1-11(13-6-4-3-5-7-13)9-16-14-8-12(2)19-15-17-10-18-20(14)15/h3-8,10-11,16H,9H2,1-2H3. The van der Waals surface area contributed by atoms with Gasteiger partial charge in [0.15, 0.2) is 0 Å². The summed E-state index contributed by atoms with van der Waals surface area (Å²) >= 11 is 0. The van der Waals surface area contributed by atoms with E-state index in [1.165, 1.54) is 11.9 Å². The molecule has 0 saturated carbocycles. The minimum absolute atomic E-state index is 0.420. The van der Waals surface area contributed by atoms with Crippen LogP contribution in [0.25, 0.3) is 5.78 Å². The number of hydrogen-bond donors (Lipinski definition) is 1. The Balaban J connectivity index is 1.78. The maximum absolute atomic E-state index is 4.33. The summed E-state index contributed by atoms with van der Waals surface area (Å²) in [7, 11) is 0. The van der Waals surface area contributed by atoms with Gasteiger partial charge in [0, 0.05) is 18.3 Å².